The molecule has 0 bridgehead atoms. The van der Waals surface area contributed by atoms with Gasteiger partial charge >= 0.3 is 0 Å². The minimum Gasteiger partial charge on any atom is -0.492 e. The molecule has 0 spiro atoms. The third kappa shape index (κ3) is 5.75. The summed E-state index contributed by atoms with van der Waals surface area (Å²) in [5, 5.41) is 2.68. The zero-order valence-electron chi connectivity index (χ0n) is 14.7. The molecular formula is C18H22N2O5S. The largest absolute Gasteiger partial charge is 0.492 e. The van der Waals surface area contributed by atoms with Crippen LogP contribution in [0.3, 0.4) is 0 Å². The molecule has 0 atom stereocenters. The van der Waals surface area contributed by atoms with Crippen LogP contribution in [0.4, 0.5) is 0 Å². The fourth-order valence-electron chi connectivity index (χ4n) is 1.99. The number of ether oxygens (including phenoxy) is 2. The van der Waals surface area contributed by atoms with E-state index in [0.717, 1.165) is 4.31 Å². The van der Waals surface area contributed by atoms with E-state index in [9.17, 15) is 13.2 Å². The van der Waals surface area contributed by atoms with Gasteiger partial charge in [0.1, 0.15) is 18.1 Å². The molecule has 1 amide bonds. The summed E-state index contributed by atoms with van der Waals surface area (Å²) in [5.41, 5.74) is 0. The van der Waals surface area contributed by atoms with E-state index in [1.54, 1.807) is 24.3 Å². The van der Waals surface area contributed by atoms with Crippen LogP contribution >= 0.6 is 0 Å². The Morgan fingerprint density at radius 3 is 2.19 bits per heavy atom. The standard InChI is InChI=1S/C18H22N2O5S/c1-20(2)26(22,23)17-10-8-16(9-11-17)24-13-12-19-18(21)14-25-15-6-4-3-5-7-15/h3-11H,12-14H2,1-2H3,(H,19,21). The van der Waals surface area contributed by atoms with Crippen LogP contribution in [0.25, 0.3) is 0 Å². The number of nitrogens with zero attached hydrogens (tertiary/aromatic N) is 1. The van der Waals surface area contributed by atoms with Crippen LogP contribution in [-0.4, -0.2) is 52.5 Å². The number of para-hydroxylation sites is 1. The molecule has 2 aromatic carbocycles. The lowest BCUT2D eigenvalue weighted by Crippen LogP contribution is -2.32. The zero-order valence-corrected chi connectivity index (χ0v) is 15.5. The van der Waals surface area contributed by atoms with Crippen molar-refractivity contribution >= 4 is 15.9 Å². The first-order valence-corrected chi connectivity index (χ1v) is 9.43. The highest BCUT2D eigenvalue weighted by atomic mass is 32.2. The van der Waals surface area contributed by atoms with Crippen molar-refractivity contribution in [3.05, 3.63) is 54.6 Å². The summed E-state index contributed by atoms with van der Waals surface area (Å²) in [6, 6.07) is 15.2. The van der Waals surface area contributed by atoms with Crippen molar-refractivity contribution in [2.75, 3.05) is 33.9 Å². The summed E-state index contributed by atoms with van der Waals surface area (Å²) in [5.74, 6) is 0.911. The van der Waals surface area contributed by atoms with E-state index in [4.69, 9.17) is 9.47 Å². The molecule has 2 aromatic rings. The number of carbonyl (C=O) groups excluding carboxylic acids is 1. The Morgan fingerprint density at radius 2 is 1.58 bits per heavy atom. The van der Waals surface area contributed by atoms with E-state index in [1.165, 1.54) is 26.2 Å². The maximum absolute atomic E-state index is 12.0. The van der Waals surface area contributed by atoms with Crippen molar-refractivity contribution < 1.29 is 22.7 Å². The average Bonchev–Trinajstić information content (AvgIpc) is 2.64. The van der Waals surface area contributed by atoms with Crippen molar-refractivity contribution in [2.45, 2.75) is 4.90 Å². The predicted octanol–water partition coefficient (Wildman–Crippen LogP) is 1.51. The van der Waals surface area contributed by atoms with Crippen molar-refractivity contribution in [1.29, 1.82) is 0 Å². The minimum atomic E-state index is -3.45. The molecule has 0 aliphatic rings. The third-order valence-electron chi connectivity index (χ3n) is 3.41. The molecule has 0 saturated heterocycles. The summed E-state index contributed by atoms with van der Waals surface area (Å²) in [6.45, 7) is 0.507. The van der Waals surface area contributed by atoms with E-state index in [0.29, 0.717) is 18.0 Å². The first kappa shape index (κ1) is 19.7. The van der Waals surface area contributed by atoms with Gasteiger partial charge in [-0.1, -0.05) is 18.2 Å². The van der Waals surface area contributed by atoms with Crippen LogP contribution in [0, 0.1) is 0 Å². The van der Waals surface area contributed by atoms with Gasteiger partial charge in [0.05, 0.1) is 11.4 Å². The average molecular weight is 378 g/mol. The van der Waals surface area contributed by atoms with Crippen molar-refractivity contribution in [3.63, 3.8) is 0 Å². The maximum Gasteiger partial charge on any atom is 0.258 e. The molecule has 0 unspecified atom stereocenters. The van der Waals surface area contributed by atoms with E-state index in [1.807, 2.05) is 18.2 Å². The first-order valence-electron chi connectivity index (χ1n) is 7.99. The second-order valence-corrected chi connectivity index (χ2v) is 7.71. The lowest BCUT2D eigenvalue weighted by Gasteiger charge is -2.12. The molecule has 0 fully saturated rings. The molecule has 26 heavy (non-hydrogen) atoms. The SMILES string of the molecule is CN(C)S(=O)(=O)c1ccc(OCCNC(=O)COc2ccccc2)cc1. The molecule has 0 heterocycles. The Hall–Kier alpha value is -2.58. The molecule has 1 N–H and O–H groups in total. The lowest BCUT2D eigenvalue weighted by atomic mass is 10.3. The van der Waals surface area contributed by atoms with Gasteiger partial charge in [0.15, 0.2) is 6.61 Å². The number of hydrogen-bond donors (Lipinski definition) is 1. The van der Waals surface area contributed by atoms with Crippen LogP contribution in [0.2, 0.25) is 0 Å². The first-order chi connectivity index (χ1) is 12.4. The number of sulfonamides is 1. The molecular weight excluding hydrogens is 356 g/mol. The van der Waals surface area contributed by atoms with Gasteiger partial charge in [0.2, 0.25) is 10.0 Å². The van der Waals surface area contributed by atoms with Crippen LogP contribution in [0.15, 0.2) is 59.5 Å². The second-order valence-electron chi connectivity index (χ2n) is 5.56. The number of carbonyl (C=O) groups is 1. The van der Waals surface area contributed by atoms with E-state index in [2.05, 4.69) is 5.32 Å². The summed E-state index contributed by atoms with van der Waals surface area (Å²) < 4.78 is 35.9. The van der Waals surface area contributed by atoms with Crippen LogP contribution < -0.4 is 14.8 Å². The molecule has 2 rings (SSSR count). The minimum absolute atomic E-state index is 0.0683. The van der Waals surface area contributed by atoms with Crippen LogP contribution in [0.1, 0.15) is 0 Å². The van der Waals surface area contributed by atoms with E-state index >= 15 is 0 Å². The van der Waals surface area contributed by atoms with Gasteiger partial charge in [0, 0.05) is 14.1 Å². The Balaban J connectivity index is 1.70. The van der Waals surface area contributed by atoms with E-state index < -0.39 is 10.0 Å². The van der Waals surface area contributed by atoms with Gasteiger partial charge < -0.3 is 14.8 Å². The molecule has 8 heteroatoms. The van der Waals surface area contributed by atoms with Gasteiger partial charge in [-0.25, -0.2) is 12.7 Å². The molecule has 0 radical (unpaired) electrons. The molecule has 140 valence electrons. The van der Waals surface area contributed by atoms with Crippen molar-refractivity contribution in [1.82, 2.24) is 9.62 Å². The summed E-state index contributed by atoms with van der Waals surface area (Å²) >= 11 is 0. The lowest BCUT2D eigenvalue weighted by molar-refractivity contribution is -0.123. The second kappa shape index (κ2) is 9.21. The zero-order chi connectivity index (χ0) is 19.0. The monoisotopic (exact) mass is 378 g/mol. The van der Waals surface area contributed by atoms with Crippen molar-refractivity contribution in [2.24, 2.45) is 0 Å². The Bertz CT molecular complexity index is 805. The summed E-state index contributed by atoms with van der Waals surface area (Å²) in [7, 11) is -0.500. The molecule has 0 aromatic heterocycles. The van der Waals surface area contributed by atoms with Crippen molar-refractivity contribution in [3.8, 4) is 11.5 Å². The number of rotatable bonds is 9. The smallest absolute Gasteiger partial charge is 0.258 e. The normalized spacial score (nSPS) is 11.2. The number of benzene rings is 2. The number of nitrogens with one attached hydrogen (secondary N) is 1. The van der Waals surface area contributed by atoms with Gasteiger partial charge in [-0.05, 0) is 36.4 Å². The Labute approximate surface area is 153 Å². The highest BCUT2D eigenvalue weighted by molar-refractivity contribution is 7.89. The maximum atomic E-state index is 12.0. The Morgan fingerprint density at radius 1 is 0.962 bits per heavy atom. The van der Waals surface area contributed by atoms with E-state index in [-0.39, 0.29) is 24.0 Å². The number of hydrogen-bond acceptors (Lipinski definition) is 5. The quantitative estimate of drug-likeness (QED) is 0.669. The highest BCUT2D eigenvalue weighted by Gasteiger charge is 2.16. The van der Waals surface area contributed by atoms with Crippen LogP contribution in [0.5, 0.6) is 11.5 Å². The van der Waals surface area contributed by atoms with Gasteiger partial charge in [-0.3, -0.25) is 4.79 Å². The fourth-order valence-corrected chi connectivity index (χ4v) is 2.90. The molecule has 0 aliphatic carbocycles. The van der Waals surface area contributed by atoms with Gasteiger partial charge in [0.25, 0.3) is 5.91 Å². The molecule has 7 nitrogen and oxygen atoms in total. The van der Waals surface area contributed by atoms with Gasteiger partial charge in [-0.15, -0.1) is 0 Å². The topological polar surface area (TPSA) is 84.9 Å². The third-order valence-corrected chi connectivity index (χ3v) is 5.24. The molecule has 0 saturated carbocycles. The van der Waals surface area contributed by atoms with Crippen LogP contribution in [-0.2, 0) is 14.8 Å². The summed E-state index contributed by atoms with van der Waals surface area (Å²) in [6.07, 6.45) is 0. The Kier molecular flexibility index (Phi) is 6.99. The fraction of sp³-hybridized carbons (Fsp3) is 0.278. The summed E-state index contributed by atoms with van der Waals surface area (Å²) in [4.78, 5) is 11.9. The highest BCUT2D eigenvalue weighted by Crippen LogP contribution is 2.17. The molecule has 0 aliphatic heterocycles. The number of amides is 1. The van der Waals surface area contributed by atoms with Gasteiger partial charge in [-0.2, -0.15) is 0 Å². The predicted molar refractivity (Wildman–Crippen MR) is 97.8 cm³/mol.